The second kappa shape index (κ2) is 9.56. The molecule has 0 fully saturated rings. The molecule has 0 radical (unpaired) electrons. The van der Waals surface area contributed by atoms with E-state index in [4.69, 9.17) is 28.2 Å². The molecule has 0 spiro atoms. The summed E-state index contributed by atoms with van der Waals surface area (Å²) in [6.45, 7) is 2.31. The molecule has 5 nitrogen and oxygen atoms in total. The van der Waals surface area contributed by atoms with Crippen molar-refractivity contribution >= 4 is 46.8 Å². The topological polar surface area (TPSA) is 50.2 Å². The van der Waals surface area contributed by atoms with Crippen molar-refractivity contribution in [2.75, 3.05) is 5.32 Å². The molecule has 0 bridgehead atoms. The highest BCUT2D eigenvalue weighted by atomic mass is 35.5. The lowest BCUT2D eigenvalue weighted by molar-refractivity contribution is -0.128. The largest absolute Gasteiger partial charge is 0.339 e. The molecule has 0 atom stereocenters. The summed E-state index contributed by atoms with van der Waals surface area (Å²) in [4.78, 5) is 19.5. The Hall–Kier alpha value is -3.61. The van der Waals surface area contributed by atoms with Gasteiger partial charge >= 0.3 is 0 Å². The van der Waals surface area contributed by atoms with Gasteiger partial charge in [-0.25, -0.2) is 9.37 Å². The summed E-state index contributed by atoms with van der Waals surface area (Å²) in [7, 11) is 0. The first-order chi connectivity index (χ1) is 16.9. The molecule has 4 aromatic rings. The highest BCUT2D eigenvalue weighted by Crippen LogP contribution is 2.34. The van der Waals surface area contributed by atoms with E-state index in [1.165, 1.54) is 12.1 Å². The third-order valence-electron chi connectivity index (χ3n) is 5.72. The quantitative estimate of drug-likeness (QED) is 0.315. The molecule has 1 aromatic heterocycles. The molecule has 0 unspecified atom stereocenters. The number of rotatable bonds is 5. The van der Waals surface area contributed by atoms with Crippen LogP contribution in [0.5, 0.6) is 0 Å². The van der Waals surface area contributed by atoms with E-state index in [1.54, 1.807) is 47.6 Å². The molecule has 0 saturated carbocycles. The maximum Gasteiger partial charge on any atom is 0.231 e. The fourth-order valence-electron chi connectivity index (χ4n) is 3.97. The van der Waals surface area contributed by atoms with Crippen molar-refractivity contribution in [3.05, 3.63) is 106 Å². The Morgan fingerprint density at radius 1 is 1.00 bits per heavy atom. The summed E-state index contributed by atoms with van der Waals surface area (Å²) in [5, 5.41) is 4.41. The highest BCUT2D eigenvalue weighted by molar-refractivity contribution is 6.34. The van der Waals surface area contributed by atoms with Crippen molar-refractivity contribution in [1.29, 1.82) is 0 Å². The van der Waals surface area contributed by atoms with Crippen LogP contribution in [0.25, 0.3) is 17.5 Å². The molecule has 8 heteroatoms. The van der Waals surface area contributed by atoms with Crippen molar-refractivity contribution < 1.29 is 9.18 Å². The lowest BCUT2D eigenvalue weighted by Crippen LogP contribution is -2.30. The van der Waals surface area contributed by atoms with Gasteiger partial charge in [-0.15, -0.1) is 0 Å². The van der Waals surface area contributed by atoms with E-state index >= 15 is 0 Å². The van der Waals surface area contributed by atoms with Gasteiger partial charge in [0.1, 0.15) is 23.2 Å². The minimum absolute atomic E-state index is 0.106. The van der Waals surface area contributed by atoms with Gasteiger partial charge in [-0.2, -0.15) is 0 Å². The lowest BCUT2D eigenvalue weighted by Gasteiger charge is -2.23. The summed E-state index contributed by atoms with van der Waals surface area (Å²) in [6.07, 6.45) is 3.70. The molecular weight excluding hydrogens is 486 g/mol. The summed E-state index contributed by atoms with van der Waals surface area (Å²) < 4.78 is 15.5. The zero-order chi connectivity index (χ0) is 24.5. The number of fused-ring (bicyclic) bond motifs is 1. The van der Waals surface area contributed by atoms with Crippen molar-refractivity contribution in [1.82, 2.24) is 14.5 Å². The van der Waals surface area contributed by atoms with Crippen LogP contribution in [-0.4, -0.2) is 20.4 Å². The number of aromatic nitrogens is 2. The Morgan fingerprint density at radius 3 is 2.37 bits per heavy atom. The predicted molar refractivity (Wildman–Crippen MR) is 138 cm³/mol. The first-order valence-corrected chi connectivity index (χ1v) is 11.7. The second-order valence-corrected chi connectivity index (χ2v) is 9.24. The normalized spacial score (nSPS) is 12.5. The SMILES string of the molecule is Cc1ccc(Nc2c(-c3ccc(F)cc3)nc3n2C=CN(C(=O)Cc2cc(Cl)cc(Cl)c2)C3)cc1. The van der Waals surface area contributed by atoms with Crippen molar-refractivity contribution in [3.8, 4) is 11.3 Å². The number of anilines is 2. The highest BCUT2D eigenvalue weighted by Gasteiger charge is 2.24. The van der Waals surface area contributed by atoms with Crippen LogP contribution in [0.3, 0.4) is 0 Å². The minimum Gasteiger partial charge on any atom is -0.339 e. The van der Waals surface area contributed by atoms with Crippen LogP contribution in [0.1, 0.15) is 17.0 Å². The number of hydrogen-bond acceptors (Lipinski definition) is 3. The maximum absolute atomic E-state index is 13.6. The van der Waals surface area contributed by atoms with Crippen LogP contribution in [0, 0.1) is 12.7 Å². The molecule has 3 aromatic carbocycles. The number of carbonyl (C=O) groups excluding carboxylic acids is 1. The molecule has 35 heavy (non-hydrogen) atoms. The number of nitrogens with zero attached hydrogens (tertiary/aromatic N) is 3. The number of carbonyl (C=O) groups is 1. The van der Waals surface area contributed by atoms with Crippen LogP contribution < -0.4 is 5.32 Å². The van der Waals surface area contributed by atoms with Crippen LogP contribution in [-0.2, 0) is 17.8 Å². The molecule has 0 aliphatic carbocycles. The van der Waals surface area contributed by atoms with Gasteiger partial charge in [-0.05, 0) is 67.1 Å². The van der Waals surface area contributed by atoms with E-state index in [0.29, 0.717) is 21.6 Å². The number of hydrogen-bond donors (Lipinski definition) is 1. The van der Waals surface area contributed by atoms with E-state index in [2.05, 4.69) is 5.32 Å². The third-order valence-corrected chi connectivity index (χ3v) is 6.16. The number of amides is 1. The molecule has 1 amide bonds. The number of halogens is 3. The van der Waals surface area contributed by atoms with Gasteiger partial charge in [0.25, 0.3) is 0 Å². The van der Waals surface area contributed by atoms with Crippen LogP contribution in [0.15, 0.2) is 72.9 Å². The van der Waals surface area contributed by atoms with Gasteiger partial charge in [0, 0.05) is 33.7 Å². The number of nitrogens with one attached hydrogen (secondary N) is 1. The Balaban J connectivity index is 1.46. The van der Waals surface area contributed by atoms with E-state index in [9.17, 15) is 9.18 Å². The number of aryl methyl sites for hydroxylation is 1. The molecule has 176 valence electrons. The zero-order valence-electron chi connectivity index (χ0n) is 18.8. The molecule has 1 aliphatic heterocycles. The molecule has 2 heterocycles. The van der Waals surface area contributed by atoms with Crippen LogP contribution in [0.4, 0.5) is 15.9 Å². The van der Waals surface area contributed by atoms with Gasteiger partial charge in [-0.3, -0.25) is 9.36 Å². The van der Waals surface area contributed by atoms with Crippen molar-refractivity contribution in [2.45, 2.75) is 19.9 Å². The third kappa shape index (κ3) is 5.09. The predicted octanol–water partition coefficient (Wildman–Crippen LogP) is 7.06. The number of benzene rings is 3. The van der Waals surface area contributed by atoms with E-state index in [1.807, 2.05) is 35.8 Å². The first kappa shape index (κ1) is 23.1. The number of imidazole rings is 1. The fraction of sp³-hybridized carbons (Fsp3) is 0.111. The summed E-state index contributed by atoms with van der Waals surface area (Å²) in [6, 6.07) is 19.3. The Kier molecular flexibility index (Phi) is 6.32. The smallest absolute Gasteiger partial charge is 0.231 e. The average molecular weight is 507 g/mol. The monoisotopic (exact) mass is 506 g/mol. The summed E-state index contributed by atoms with van der Waals surface area (Å²) >= 11 is 12.2. The minimum atomic E-state index is -0.316. The van der Waals surface area contributed by atoms with Crippen molar-refractivity contribution in [3.63, 3.8) is 0 Å². The molecular formula is C27H21Cl2FN4O. The molecule has 5 rings (SSSR count). The summed E-state index contributed by atoms with van der Waals surface area (Å²) in [5.41, 5.74) is 4.22. The standard InChI is InChI=1S/C27H21Cl2FN4O/c1-17-2-8-23(9-3-17)31-27-26(19-4-6-22(30)7-5-19)32-24-16-33(10-11-34(24)27)25(35)14-18-12-20(28)15-21(29)13-18/h2-13,15,31H,14,16H2,1H3. The van der Waals surface area contributed by atoms with E-state index in [0.717, 1.165) is 28.2 Å². The van der Waals surface area contributed by atoms with Gasteiger partial charge in [0.05, 0.1) is 13.0 Å². The Bertz CT molecular complexity index is 1410. The molecule has 0 saturated heterocycles. The average Bonchev–Trinajstić information content (AvgIpc) is 3.18. The van der Waals surface area contributed by atoms with Gasteiger partial charge in [-0.1, -0.05) is 40.9 Å². The second-order valence-electron chi connectivity index (χ2n) is 8.37. The Labute approximate surface area is 212 Å². The van der Waals surface area contributed by atoms with Crippen LogP contribution >= 0.6 is 23.2 Å². The zero-order valence-corrected chi connectivity index (χ0v) is 20.3. The van der Waals surface area contributed by atoms with Gasteiger partial charge < -0.3 is 10.2 Å². The van der Waals surface area contributed by atoms with Crippen molar-refractivity contribution in [2.24, 2.45) is 0 Å². The van der Waals surface area contributed by atoms with E-state index < -0.39 is 0 Å². The first-order valence-electron chi connectivity index (χ1n) is 11.0. The van der Waals surface area contributed by atoms with Crippen LogP contribution in [0.2, 0.25) is 10.0 Å². The van der Waals surface area contributed by atoms with Gasteiger partial charge in [0.15, 0.2) is 0 Å². The fourth-order valence-corrected chi connectivity index (χ4v) is 4.54. The van der Waals surface area contributed by atoms with Gasteiger partial charge in [0.2, 0.25) is 5.91 Å². The lowest BCUT2D eigenvalue weighted by atomic mass is 10.1. The summed E-state index contributed by atoms with van der Waals surface area (Å²) in [5.74, 6) is 0.994. The van der Waals surface area contributed by atoms with E-state index in [-0.39, 0.29) is 24.7 Å². The Morgan fingerprint density at radius 2 is 1.69 bits per heavy atom. The maximum atomic E-state index is 13.6. The molecule has 1 aliphatic rings. The molecule has 1 N–H and O–H groups in total.